The van der Waals surface area contributed by atoms with Crippen LogP contribution in [0.2, 0.25) is 0 Å². The lowest BCUT2D eigenvalue weighted by Gasteiger charge is -2.22. The van der Waals surface area contributed by atoms with Crippen molar-refractivity contribution in [2.45, 2.75) is 70.9 Å². The van der Waals surface area contributed by atoms with Crippen molar-refractivity contribution in [3.63, 3.8) is 0 Å². The summed E-state index contributed by atoms with van der Waals surface area (Å²) in [6, 6.07) is -1.09. The van der Waals surface area contributed by atoms with Crippen molar-refractivity contribution in [2.24, 2.45) is 5.92 Å². The molecule has 3 N–H and O–H groups in total. The Bertz CT molecular complexity index is 557. The molecule has 1 atom stereocenters. The van der Waals surface area contributed by atoms with Gasteiger partial charge in [0.25, 0.3) is 5.91 Å². The molecular weight excluding hydrogens is 324 g/mol. The highest BCUT2D eigenvalue weighted by molar-refractivity contribution is 6.09. The first-order valence-electron chi connectivity index (χ1n) is 8.96. The molecule has 0 spiro atoms. The highest BCUT2D eigenvalue weighted by atomic mass is 16.2. The minimum atomic E-state index is -0.992. The Balaban J connectivity index is 1.86. The second-order valence-corrected chi connectivity index (χ2v) is 7.59. The van der Waals surface area contributed by atoms with Gasteiger partial charge in [0, 0.05) is 6.04 Å². The van der Waals surface area contributed by atoms with Crippen LogP contribution in [0.5, 0.6) is 0 Å². The van der Waals surface area contributed by atoms with Crippen molar-refractivity contribution in [3.8, 4) is 0 Å². The van der Waals surface area contributed by atoms with E-state index in [1.165, 1.54) is 0 Å². The molecule has 1 unspecified atom stereocenters. The van der Waals surface area contributed by atoms with E-state index in [1.54, 1.807) is 6.92 Å². The Hall–Kier alpha value is -2.12. The van der Waals surface area contributed by atoms with Gasteiger partial charge in [-0.3, -0.25) is 19.8 Å². The van der Waals surface area contributed by atoms with Crippen LogP contribution in [-0.4, -0.2) is 46.9 Å². The number of hydrogen-bond donors (Lipinski definition) is 3. The Labute approximate surface area is 148 Å². The number of rotatable bonds is 6. The Morgan fingerprint density at radius 2 is 1.92 bits per heavy atom. The van der Waals surface area contributed by atoms with Crippen LogP contribution >= 0.6 is 0 Å². The quantitative estimate of drug-likeness (QED) is 0.630. The molecule has 1 aliphatic heterocycles. The number of urea groups is 2. The van der Waals surface area contributed by atoms with E-state index < -0.39 is 36.0 Å². The molecule has 0 aromatic rings. The van der Waals surface area contributed by atoms with Crippen molar-refractivity contribution < 1.29 is 19.2 Å². The lowest BCUT2D eigenvalue weighted by atomic mass is 9.92. The predicted molar refractivity (Wildman–Crippen MR) is 91.7 cm³/mol. The average molecular weight is 352 g/mol. The fourth-order valence-electron chi connectivity index (χ4n) is 3.24. The smallest absolute Gasteiger partial charge is 0.325 e. The van der Waals surface area contributed by atoms with E-state index in [0.717, 1.165) is 37.0 Å². The SMILES string of the molecule is CC(C)CCC1(C)NC(=O)N(CC(=O)NC(=O)NC2CCCC2)C1=O. The largest absolute Gasteiger partial charge is 0.335 e. The molecule has 0 aromatic carbocycles. The maximum atomic E-state index is 12.5. The van der Waals surface area contributed by atoms with Gasteiger partial charge in [0.2, 0.25) is 5.91 Å². The molecular formula is C17H28N4O4. The minimum Gasteiger partial charge on any atom is -0.335 e. The van der Waals surface area contributed by atoms with E-state index in [0.29, 0.717) is 12.3 Å². The van der Waals surface area contributed by atoms with E-state index in [9.17, 15) is 19.2 Å². The maximum Gasteiger partial charge on any atom is 0.325 e. The van der Waals surface area contributed by atoms with Crippen LogP contribution < -0.4 is 16.0 Å². The molecule has 6 amide bonds. The summed E-state index contributed by atoms with van der Waals surface area (Å²) in [7, 11) is 0. The topological polar surface area (TPSA) is 108 Å². The van der Waals surface area contributed by atoms with Crippen LogP contribution in [0.3, 0.4) is 0 Å². The third kappa shape index (κ3) is 4.93. The fourth-order valence-corrected chi connectivity index (χ4v) is 3.24. The van der Waals surface area contributed by atoms with Crippen LogP contribution in [0, 0.1) is 5.92 Å². The third-order valence-corrected chi connectivity index (χ3v) is 4.81. The summed E-state index contributed by atoms with van der Waals surface area (Å²) in [6.07, 6.45) is 5.24. The summed E-state index contributed by atoms with van der Waals surface area (Å²) in [5.41, 5.74) is -0.992. The van der Waals surface area contributed by atoms with E-state index in [2.05, 4.69) is 16.0 Å². The number of amides is 6. The molecule has 0 aromatic heterocycles. The van der Waals surface area contributed by atoms with Gasteiger partial charge in [0.1, 0.15) is 12.1 Å². The molecule has 25 heavy (non-hydrogen) atoms. The van der Waals surface area contributed by atoms with E-state index in [4.69, 9.17) is 0 Å². The number of carbonyl (C=O) groups excluding carboxylic acids is 4. The molecule has 2 aliphatic rings. The second-order valence-electron chi connectivity index (χ2n) is 7.59. The summed E-state index contributed by atoms with van der Waals surface area (Å²) in [6.45, 7) is 5.29. The molecule has 1 saturated carbocycles. The molecule has 1 aliphatic carbocycles. The molecule has 2 rings (SSSR count). The fraction of sp³-hybridized carbons (Fsp3) is 0.765. The monoisotopic (exact) mass is 352 g/mol. The Morgan fingerprint density at radius 3 is 2.52 bits per heavy atom. The molecule has 2 fully saturated rings. The van der Waals surface area contributed by atoms with Crippen molar-refractivity contribution in [1.29, 1.82) is 0 Å². The van der Waals surface area contributed by atoms with Crippen molar-refractivity contribution in [3.05, 3.63) is 0 Å². The molecule has 1 saturated heterocycles. The first-order valence-corrected chi connectivity index (χ1v) is 8.96. The Morgan fingerprint density at radius 1 is 1.28 bits per heavy atom. The van der Waals surface area contributed by atoms with Gasteiger partial charge in [-0.1, -0.05) is 26.7 Å². The van der Waals surface area contributed by atoms with Crippen molar-refractivity contribution in [2.75, 3.05) is 6.54 Å². The number of hydrogen-bond acceptors (Lipinski definition) is 4. The Kier molecular flexibility index (Phi) is 6.02. The van der Waals surface area contributed by atoms with Crippen molar-refractivity contribution >= 4 is 23.9 Å². The predicted octanol–water partition coefficient (Wildman–Crippen LogP) is 1.50. The van der Waals surface area contributed by atoms with Gasteiger partial charge in [-0.15, -0.1) is 0 Å². The molecule has 8 nitrogen and oxygen atoms in total. The first-order chi connectivity index (χ1) is 11.7. The summed E-state index contributed by atoms with van der Waals surface area (Å²) in [5.74, 6) is -0.699. The first kappa shape index (κ1) is 19.2. The lowest BCUT2D eigenvalue weighted by molar-refractivity contribution is -0.134. The van der Waals surface area contributed by atoms with Gasteiger partial charge in [-0.05, 0) is 38.5 Å². The summed E-state index contributed by atoms with van der Waals surface area (Å²) in [4.78, 5) is 49.3. The van der Waals surface area contributed by atoms with Gasteiger partial charge < -0.3 is 10.6 Å². The maximum absolute atomic E-state index is 12.5. The van der Waals surface area contributed by atoms with Crippen LogP contribution in [0.1, 0.15) is 59.3 Å². The van der Waals surface area contributed by atoms with Gasteiger partial charge in [-0.2, -0.15) is 0 Å². The third-order valence-electron chi connectivity index (χ3n) is 4.81. The number of nitrogens with zero attached hydrogens (tertiary/aromatic N) is 1. The average Bonchev–Trinajstić information content (AvgIpc) is 3.08. The zero-order chi connectivity index (χ0) is 18.6. The molecule has 1 heterocycles. The van der Waals surface area contributed by atoms with Crippen LogP contribution in [0.25, 0.3) is 0 Å². The van der Waals surface area contributed by atoms with Crippen LogP contribution in [-0.2, 0) is 9.59 Å². The standard InChI is InChI=1S/C17H28N4O4/c1-11(2)8-9-17(3)14(23)21(16(25)20-17)10-13(22)19-15(24)18-12-6-4-5-7-12/h11-12H,4-10H2,1-3H3,(H,20,25)(H2,18,19,22,24). The molecule has 140 valence electrons. The zero-order valence-corrected chi connectivity index (χ0v) is 15.2. The normalized spacial score (nSPS) is 23.9. The number of nitrogens with one attached hydrogen (secondary N) is 3. The molecule has 0 bridgehead atoms. The highest BCUT2D eigenvalue weighted by Crippen LogP contribution is 2.24. The summed E-state index contributed by atoms with van der Waals surface area (Å²) >= 11 is 0. The minimum absolute atomic E-state index is 0.0869. The van der Waals surface area contributed by atoms with E-state index >= 15 is 0 Å². The molecule has 8 heteroatoms. The second kappa shape index (κ2) is 7.84. The summed E-state index contributed by atoms with van der Waals surface area (Å²) < 4.78 is 0. The van der Waals surface area contributed by atoms with Crippen LogP contribution in [0.4, 0.5) is 9.59 Å². The lowest BCUT2D eigenvalue weighted by Crippen LogP contribution is -2.49. The van der Waals surface area contributed by atoms with Gasteiger partial charge in [0.05, 0.1) is 0 Å². The highest BCUT2D eigenvalue weighted by Gasteiger charge is 2.47. The van der Waals surface area contributed by atoms with E-state index in [-0.39, 0.29) is 6.04 Å². The van der Waals surface area contributed by atoms with Gasteiger partial charge in [0.15, 0.2) is 0 Å². The van der Waals surface area contributed by atoms with Gasteiger partial charge >= 0.3 is 12.1 Å². The van der Waals surface area contributed by atoms with Gasteiger partial charge in [-0.25, -0.2) is 9.59 Å². The van der Waals surface area contributed by atoms with Crippen LogP contribution in [0.15, 0.2) is 0 Å². The summed E-state index contributed by atoms with van der Waals surface area (Å²) in [5, 5.41) is 7.58. The van der Waals surface area contributed by atoms with E-state index in [1.807, 2.05) is 13.8 Å². The zero-order valence-electron chi connectivity index (χ0n) is 15.2. The molecule has 0 radical (unpaired) electrons. The number of carbonyl (C=O) groups is 4. The van der Waals surface area contributed by atoms with Crippen molar-refractivity contribution in [1.82, 2.24) is 20.9 Å². The number of imide groups is 2.